The lowest BCUT2D eigenvalue weighted by Gasteiger charge is -2.38. The molecule has 98 valence electrons. The van der Waals surface area contributed by atoms with Crippen LogP contribution in [-0.4, -0.2) is 36.8 Å². The van der Waals surface area contributed by atoms with Gasteiger partial charge in [-0.2, -0.15) is 0 Å². The summed E-state index contributed by atoms with van der Waals surface area (Å²) < 4.78 is 0. The van der Waals surface area contributed by atoms with Crippen molar-refractivity contribution in [1.82, 2.24) is 5.32 Å². The number of hydrogen-bond donors (Lipinski definition) is 2. The Kier molecular flexibility index (Phi) is 4.20. The lowest BCUT2D eigenvalue weighted by atomic mass is 10.1. The molecule has 0 radical (unpaired) electrons. The van der Waals surface area contributed by atoms with Crippen LogP contribution in [0.4, 0.5) is 5.69 Å². The fourth-order valence-corrected chi connectivity index (χ4v) is 2.49. The third-order valence-corrected chi connectivity index (χ3v) is 3.42. The number of anilines is 1. The van der Waals surface area contributed by atoms with Crippen LogP contribution in [0.15, 0.2) is 24.3 Å². The number of carboxylic acid groups (broad SMARTS) is 1. The molecule has 1 heterocycles. The summed E-state index contributed by atoms with van der Waals surface area (Å²) in [6.45, 7) is 5.17. The highest BCUT2D eigenvalue weighted by Crippen LogP contribution is 2.21. The first-order valence-electron chi connectivity index (χ1n) is 6.53. The van der Waals surface area contributed by atoms with Crippen molar-refractivity contribution in [1.29, 1.82) is 0 Å². The molecule has 2 rings (SSSR count). The second-order valence-electron chi connectivity index (χ2n) is 4.69. The minimum absolute atomic E-state index is 0.348. The summed E-state index contributed by atoms with van der Waals surface area (Å²) in [5.74, 6) is -0.869. The Bertz CT molecular complexity index is 401. The second kappa shape index (κ2) is 5.87. The number of benzene rings is 1. The Labute approximate surface area is 108 Å². The van der Waals surface area contributed by atoms with Crippen LogP contribution in [0.25, 0.3) is 0 Å². The topological polar surface area (TPSA) is 52.6 Å². The lowest BCUT2D eigenvalue weighted by molar-refractivity contribution is 0.0697. The first-order chi connectivity index (χ1) is 8.72. The van der Waals surface area contributed by atoms with Crippen LogP contribution in [-0.2, 0) is 0 Å². The van der Waals surface area contributed by atoms with E-state index in [4.69, 9.17) is 5.11 Å². The van der Waals surface area contributed by atoms with E-state index in [-0.39, 0.29) is 0 Å². The quantitative estimate of drug-likeness (QED) is 0.855. The van der Waals surface area contributed by atoms with Gasteiger partial charge < -0.3 is 15.3 Å². The Morgan fingerprint density at radius 3 is 2.78 bits per heavy atom. The van der Waals surface area contributed by atoms with Gasteiger partial charge in [-0.3, -0.25) is 0 Å². The number of aromatic carboxylic acids is 1. The van der Waals surface area contributed by atoms with E-state index in [1.165, 1.54) is 0 Å². The Morgan fingerprint density at radius 2 is 2.17 bits per heavy atom. The molecule has 1 atom stereocenters. The zero-order valence-electron chi connectivity index (χ0n) is 10.7. The molecule has 0 amide bonds. The predicted molar refractivity (Wildman–Crippen MR) is 72.3 cm³/mol. The van der Waals surface area contributed by atoms with Gasteiger partial charge in [0.05, 0.1) is 5.56 Å². The summed E-state index contributed by atoms with van der Waals surface area (Å²) in [5.41, 5.74) is 1.47. The number of piperazine rings is 1. The van der Waals surface area contributed by atoms with Crippen LogP contribution < -0.4 is 10.2 Å². The van der Waals surface area contributed by atoms with Crippen molar-refractivity contribution in [3.8, 4) is 0 Å². The van der Waals surface area contributed by atoms with Crippen molar-refractivity contribution in [2.45, 2.75) is 25.8 Å². The molecular weight excluding hydrogens is 228 g/mol. The Morgan fingerprint density at radius 1 is 1.44 bits per heavy atom. The van der Waals surface area contributed by atoms with Crippen molar-refractivity contribution < 1.29 is 9.90 Å². The van der Waals surface area contributed by atoms with Gasteiger partial charge in [-0.1, -0.05) is 13.3 Å². The van der Waals surface area contributed by atoms with Crippen LogP contribution in [0, 0.1) is 0 Å². The monoisotopic (exact) mass is 248 g/mol. The summed E-state index contributed by atoms with van der Waals surface area (Å²) in [7, 11) is 0. The molecule has 1 saturated heterocycles. The number of rotatable bonds is 4. The summed E-state index contributed by atoms with van der Waals surface area (Å²) in [5, 5.41) is 12.3. The van der Waals surface area contributed by atoms with E-state index in [9.17, 15) is 4.79 Å². The largest absolute Gasteiger partial charge is 0.478 e. The normalized spacial score (nSPS) is 19.8. The highest BCUT2D eigenvalue weighted by Gasteiger charge is 2.21. The van der Waals surface area contributed by atoms with Gasteiger partial charge in [0.2, 0.25) is 0 Å². The molecule has 0 bridgehead atoms. The highest BCUT2D eigenvalue weighted by molar-refractivity contribution is 5.88. The van der Waals surface area contributed by atoms with Crippen LogP contribution in [0.3, 0.4) is 0 Å². The maximum atomic E-state index is 10.8. The maximum absolute atomic E-state index is 10.8. The third-order valence-electron chi connectivity index (χ3n) is 3.42. The first kappa shape index (κ1) is 12.9. The van der Waals surface area contributed by atoms with E-state index < -0.39 is 5.97 Å². The molecule has 18 heavy (non-hydrogen) atoms. The third kappa shape index (κ3) is 2.82. The first-order valence-corrected chi connectivity index (χ1v) is 6.53. The minimum Gasteiger partial charge on any atom is -0.478 e. The summed E-state index contributed by atoms with van der Waals surface area (Å²) in [6.07, 6.45) is 2.32. The van der Waals surface area contributed by atoms with Crippen LogP contribution in [0.1, 0.15) is 30.1 Å². The average molecular weight is 248 g/mol. The van der Waals surface area contributed by atoms with Crippen molar-refractivity contribution in [3.63, 3.8) is 0 Å². The predicted octanol–water partition coefficient (Wildman–Crippen LogP) is 1.96. The molecule has 1 aromatic carbocycles. The number of hydrogen-bond acceptors (Lipinski definition) is 3. The van der Waals surface area contributed by atoms with Gasteiger partial charge in [0.1, 0.15) is 0 Å². The molecule has 0 saturated carbocycles. The standard InChI is InChI=1S/C14H20N2O2/c1-2-3-13-10-15-8-9-16(13)12-6-4-11(5-7-12)14(17)18/h4-7,13,15H,2-3,8-10H2,1H3,(H,17,18)/t13-/m1/s1. The van der Waals surface area contributed by atoms with Crippen LogP contribution >= 0.6 is 0 Å². The van der Waals surface area contributed by atoms with Crippen LogP contribution in [0.2, 0.25) is 0 Å². The minimum atomic E-state index is -0.869. The van der Waals surface area contributed by atoms with Crippen molar-refractivity contribution in [2.75, 3.05) is 24.5 Å². The van der Waals surface area contributed by atoms with Gasteiger partial charge in [0.25, 0.3) is 0 Å². The van der Waals surface area contributed by atoms with E-state index in [1.54, 1.807) is 12.1 Å². The molecule has 1 aliphatic heterocycles. The molecule has 4 nitrogen and oxygen atoms in total. The summed E-state index contributed by atoms with van der Waals surface area (Å²) >= 11 is 0. The highest BCUT2D eigenvalue weighted by atomic mass is 16.4. The second-order valence-corrected chi connectivity index (χ2v) is 4.69. The molecule has 4 heteroatoms. The molecule has 0 spiro atoms. The molecular formula is C14H20N2O2. The summed E-state index contributed by atoms with van der Waals surface area (Å²) in [4.78, 5) is 13.2. The van der Waals surface area contributed by atoms with E-state index in [1.807, 2.05) is 12.1 Å². The lowest BCUT2D eigenvalue weighted by Crippen LogP contribution is -2.51. The van der Waals surface area contributed by atoms with Gasteiger partial charge in [-0.05, 0) is 30.7 Å². The summed E-state index contributed by atoms with van der Waals surface area (Å²) in [6, 6.07) is 7.71. The van der Waals surface area contributed by atoms with Crippen molar-refractivity contribution in [2.24, 2.45) is 0 Å². The molecule has 2 N–H and O–H groups in total. The molecule has 1 aromatic rings. The van der Waals surface area contributed by atoms with Crippen molar-refractivity contribution >= 4 is 11.7 Å². The van der Waals surface area contributed by atoms with Crippen LogP contribution in [0.5, 0.6) is 0 Å². The van der Waals surface area contributed by atoms with Gasteiger partial charge in [-0.25, -0.2) is 4.79 Å². The van der Waals surface area contributed by atoms with Gasteiger partial charge in [0, 0.05) is 31.4 Å². The van der Waals surface area contributed by atoms with Gasteiger partial charge >= 0.3 is 5.97 Å². The Balaban J connectivity index is 2.15. The van der Waals surface area contributed by atoms with E-state index in [0.29, 0.717) is 11.6 Å². The Hall–Kier alpha value is -1.55. The molecule has 0 unspecified atom stereocenters. The average Bonchev–Trinajstić information content (AvgIpc) is 2.40. The molecule has 1 fully saturated rings. The van der Waals surface area contributed by atoms with E-state index in [0.717, 1.165) is 38.2 Å². The van der Waals surface area contributed by atoms with E-state index >= 15 is 0 Å². The zero-order chi connectivity index (χ0) is 13.0. The molecule has 0 aliphatic carbocycles. The van der Waals surface area contributed by atoms with Crippen molar-refractivity contribution in [3.05, 3.63) is 29.8 Å². The zero-order valence-corrected chi connectivity index (χ0v) is 10.7. The van der Waals surface area contributed by atoms with Gasteiger partial charge in [0.15, 0.2) is 0 Å². The van der Waals surface area contributed by atoms with Gasteiger partial charge in [-0.15, -0.1) is 0 Å². The number of nitrogens with one attached hydrogen (secondary N) is 1. The number of carboxylic acids is 1. The SMILES string of the molecule is CCC[C@@H]1CNCCN1c1ccc(C(=O)O)cc1. The number of carbonyl (C=O) groups is 1. The van der Waals surface area contributed by atoms with E-state index in [2.05, 4.69) is 17.1 Å². The molecule has 0 aromatic heterocycles. The smallest absolute Gasteiger partial charge is 0.335 e. The fraction of sp³-hybridized carbons (Fsp3) is 0.500. The maximum Gasteiger partial charge on any atom is 0.335 e. The number of nitrogens with zero attached hydrogens (tertiary/aromatic N) is 1. The molecule has 1 aliphatic rings. The fourth-order valence-electron chi connectivity index (χ4n) is 2.49.